The third-order valence-electron chi connectivity index (χ3n) is 7.09. The first kappa shape index (κ1) is 30.0. The molecule has 0 amide bonds. The van der Waals surface area contributed by atoms with Crippen molar-refractivity contribution in [3.63, 3.8) is 0 Å². The molecule has 0 heteroatoms. The molecule has 0 saturated heterocycles. The zero-order valence-electron chi connectivity index (χ0n) is 21.7. The van der Waals surface area contributed by atoms with E-state index in [-0.39, 0.29) is 0 Å². The summed E-state index contributed by atoms with van der Waals surface area (Å²) >= 11 is 0. The minimum atomic E-state index is 0.910. The topological polar surface area (TPSA) is 0 Å². The second kappa shape index (κ2) is 27.0. The van der Waals surface area contributed by atoms with E-state index in [0.29, 0.717) is 0 Å². The summed E-state index contributed by atoms with van der Waals surface area (Å²) in [7, 11) is 0. The molecule has 0 aromatic heterocycles. The van der Waals surface area contributed by atoms with Crippen LogP contribution in [-0.4, -0.2) is 0 Å². The van der Waals surface area contributed by atoms with E-state index < -0.39 is 0 Å². The van der Waals surface area contributed by atoms with Crippen molar-refractivity contribution < 1.29 is 0 Å². The zero-order valence-corrected chi connectivity index (χ0v) is 21.7. The Hall–Kier alpha value is 0. The molecule has 1 unspecified atom stereocenters. The van der Waals surface area contributed by atoms with Crippen molar-refractivity contribution in [2.75, 3.05) is 0 Å². The number of rotatable bonds is 26. The maximum absolute atomic E-state index is 4.21. The minimum absolute atomic E-state index is 0.910. The summed E-state index contributed by atoms with van der Waals surface area (Å²) in [5, 5.41) is 0. The van der Waals surface area contributed by atoms with Crippen molar-refractivity contribution in [1.29, 1.82) is 0 Å². The average molecular weight is 422 g/mol. The second-order valence-corrected chi connectivity index (χ2v) is 10.2. The van der Waals surface area contributed by atoms with Gasteiger partial charge in [-0.2, -0.15) is 0 Å². The third-order valence-corrected chi connectivity index (χ3v) is 7.09. The first-order valence-electron chi connectivity index (χ1n) is 14.6. The van der Waals surface area contributed by atoms with E-state index in [4.69, 9.17) is 0 Å². The molecule has 0 aliphatic rings. The molecule has 0 aromatic carbocycles. The van der Waals surface area contributed by atoms with Crippen molar-refractivity contribution >= 4 is 0 Å². The molecule has 0 saturated carbocycles. The van der Waals surface area contributed by atoms with Gasteiger partial charge < -0.3 is 0 Å². The van der Waals surface area contributed by atoms with Crippen LogP contribution in [0.2, 0.25) is 0 Å². The van der Waals surface area contributed by atoms with E-state index in [0.717, 1.165) is 12.3 Å². The van der Waals surface area contributed by atoms with Crippen LogP contribution in [0.15, 0.2) is 0 Å². The molecule has 0 nitrogen and oxygen atoms in total. The Bertz CT molecular complexity index is 282. The molecule has 1 atom stereocenters. The predicted octanol–water partition coefficient (Wildman–Crippen LogP) is 11.6. The third kappa shape index (κ3) is 24.3. The van der Waals surface area contributed by atoms with Crippen molar-refractivity contribution in [2.24, 2.45) is 5.92 Å². The minimum Gasteiger partial charge on any atom is -0.0654 e. The van der Waals surface area contributed by atoms with Crippen LogP contribution in [0, 0.1) is 12.8 Å². The molecule has 0 aromatic rings. The Balaban J connectivity index is 3.20. The molecule has 0 heterocycles. The van der Waals surface area contributed by atoms with E-state index in [2.05, 4.69) is 20.8 Å². The van der Waals surface area contributed by atoms with Gasteiger partial charge in [-0.1, -0.05) is 188 Å². The summed E-state index contributed by atoms with van der Waals surface area (Å²) < 4.78 is 0. The van der Waals surface area contributed by atoms with Gasteiger partial charge in [-0.15, -0.1) is 0 Å². The molecule has 0 spiro atoms. The molecule has 30 heavy (non-hydrogen) atoms. The van der Waals surface area contributed by atoms with Crippen LogP contribution in [0.1, 0.15) is 181 Å². The summed E-state index contributed by atoms with van der Waals surface area (Å²) in [5.74, 6) is 0.910. The van der Waals surface area contributed by atoms with Crippen molar-refractivity contribution in [3.8, 4) is 0 Å². The van der Waals surface area contributed by atoms with E-state index >= 15 is 0 Å². The van der Waals surface area contributed by atoms with Crippen molar-refractivity contribution in [3.05, 3.63) is 6.92 Å². The maximum Gasteiger partial charge on any atom is -0.0414 e. The molecular formula is C30H61. The van der Waals surface area contributed by atoms with Gasteiger partial charge in [0.2, 0.25) is 0 Å². The normalized spacial score (nSPS) is 12.5. The van der Waals surface area contributed by atoms with Crippen LogP contribution < -0.4 is 0 Å². The van der Waals surface area contributed by atoms with Gasteiger partial charge in [0.25, 0.3) is 0 Å². The highest BCUT2D eigenvalue weighted by molar-refractivity contribution is 4.62. The van der Waals surface area contributed by atoms with Crippen LogP contribution >= 0.6 is 0 Å². The first-order chi connectivity index (χ1) is 14.8. The van der Waals surface area contributed by atoms with E-state index in [1.54, 1.807) is 0 Å². The van der Waals surface area contributed by atoms with E-state index in [9.17, 15) is 0 Å². The highest BCUT2D eigenvalue weighted by Gasteiger charge is 2.06. The monoisotopic (exact) mass is 421 g/mol. The molecule has 0 aliphatic carbocycles. The van der Waals surface area contributed by atoms with Crippen LogP contribution in [0.25, 0.3) is 0 Å². The van der Waals surface area contributed by atoms with Gasteiger partial charge >= 0.3 is 0 Å². The lowest BCUT2D eigenvalue weighted by Crippen LogP contribution is -1.99. The van der Waals surface area contributed by atoms with E-state index in [1.165, 1.54) is 161 Å². The van der Waals surface area contributed by atoms with Crippen LogP contribution in [0.3, 0.4) is 0 Å². The Morgan fingerprint density at radius 2 is 0.600 bits per heavy atom. The van der Waals surface area contributed by atoms with Gasteiger partial charge in [-0.25, -0.2) is 0 Å². The number of unbranched alkanes of at least 4 members (excludes halogenated alkanes) is 21. The van der Waals surface area contributed by atoms with Crippen LogP contribution in [0.5, 0.6) is 0 Å². The summed E-state index contributed by atoms with van der Waals surface area (Å²) in [6.45, 7) is 8.82. The Morgan fingerprint density at radius 3 is 0.833 bits per heavy atom. The van der Waals surface area contributed by atoms with Gasteiger partial charge in [0.1, 0.15) is 0 Å². The lowest BCUT2D eigenvalue weighted by molar-refractivity contribution is 0.404. The smallest absolute Gasteiger partial charge is 0.0414 e. The molecule has 0 fully saturated rings. The molecule has 181 valence electrons. The highest BCUT2D eigenvalue weighted by atomic mass is 14.1. The molecule has 0 rings (SSSR count). The standard InChI is InChI=1S/C30H61/c1-4-7-9-11-13-14-15-16-17-18-19-20-21-22-23-25-27-29-30(6-3)28-26-24-12-10-8-5-2/h30H,3-29H2,1-2H3. The van der Waals surface area contributed by atoms with Crippen LogP contribution in [0.4, 0.5) is 0 Å². The Kier molecular flexibility index (Phi) is 27.0. The fourth-order valence-corrected chi connectivity index (χ4v) is 4.80. The van der Waals surface area contributed by atoms with Gasteiger partial charge in [0, 0.05) is 0 Å². The summed E-state index contributed by atoms with van der Waals surface area (Å²) in [5.41, 5.74) is 0. The van der Waals surface area contributed by atoms with Crippen LogP contribution in [-0.2, 0) is 0 Å². The Morgan fingerprint density at radius 1 is 0.367 bits per heavy atom. The molecule has 0 N–H and O–H groups in total. The van der Waals surface area contributed by atoms with Gasteiger partial charge in [0.05, 0.1) is 0 Å². The largest absolute Gasteiger partial charge is 0.0654 e. The quantitative estimate of drug-likeness (QED) is 0.122. The molecular weight excluding hydrogens is 360 g/mol. The number of hydrogen-bond acceptors (Lipinski definition) is 0. The first-order valence-corrected chi connectivity index (χ1v) is 14.6. The molecule has 0 bridgehead atoms. The zero-order chi connectivity index (χ0) is 22.0. The Labute approximate surface area is 193 Å². The predicted molar refractivity (Wildman–Crippen MR) is 140 cm³/mol. The molecule has 1 radical (unpaired) electrons. The fourth-order valence-electron chi connectivity index (χ4n) is 4.80. The van der Waals surface area contributed by atoms with Gasteiger partial charge in [-0.05, 0) is 5.92 Å². The summed E-state index contributed by atoms with van der Waals surface area (Å²) in [6, 6.07) is 0. The van der Waals surface area contributed by atoms with Crippen molar-refractivity contribution in [2.45, 2.75) is 181 Å². The maximum atomic E-state index is 4.21. The van der Waals surface area contributed by atoms with Gasteiger partial charge in [0.15, 0.2) is 0 Å². The number of hydrogen-bond donors (Lipinski definition) is 0. The summed E-state index contributed by atoms with van der Waals surface area (Å²) in [4.78, 5) is 0. The SMILES string of the molecule is [CH2]CC(CCCCCCCC)CCCCCCCCCCCCCCCCCCC. The second-order valence-electron chi connectivity index (χ2n) is 10.2. The lowest BCUT2D eigenvalue weighted by Gasteiger charge is -2.14. The summed E-state index contributed by atoms with van der Waals surface area (Å²) in [6.07, 6.45) is 37.6. The highest BCUT2D eigenvalue weighted by Crippen LogP contribution is 2.22. The van der Waals surface area contributed by atoms with Crippen molar-refractivity contribution in [1.82, 2.24) is 0 Å². The van der Waals surface area contributed by atoms with Gasteiger partial charge in [-0.3, -0.25) is 0 Å². The van der Waals surface area contributed by atoms with E-state index in [1.807, 2.05) is 0 Å². The molecule has 0 aliphatic heterocycles. The fraction of sp³-hybridized carbons (Fsp3) is 0.967. The lowest BCUT2D eigenvalue weighted by atomic mass is 9.92. The average Bonchev–Trinajstić information content (AvgIpc) is 2.76.